The normalized spacial score (nSPS) is 11.1. The number of carbonyl (C=O) groups excluding carboxylic acids is 1. The summed E-state index contributed by atoms with van der Waals surface area (Å²) >= 11 is 1.55. The van der Waals surface area contributed by atoms with E-state index in [0.717, 1.165) is 32.8 Å². The maximum atomic E-state index is 13.4. The average molecular weight is 401 g/mol. The van der Waals surface area contributed by atoms with Crippen LogP contribution in [0, 0.1) is 0 Å². The molecule has 0 aliphatic heterocycles. The van der Waals surface area contributed by atoms with Gasteiger partial charge in [0.2, 0.25) is 0 Å². The summed E-state index contributed by atoms with van der Waals surface area (Å²) in [7, 11) is 4.01. The van der Waals surface area contributed by atoms with Crippen molar-refractivity contribution < 1.29 is 4.79 Å². The van der Waals surface area contributed by atoms with Gasteiger partial charge in [-0.15, -0.1) is 12.4 Å². The third-order valence-corrected chi connectivity index (χ3v) is 5.41. The highest BCUT2D eigenvalue weighted by molar-refractivity contribution is 7.22. The quantitative estimate of drug-likeness (QED) is 0.540. The second-order valence-corrected chi connectivity index (χ2v) is 7.48. The molecule has 7 heteroatoms. The molecule has 2 aromatic carbocycles. The number of aromatic nitrogens is 2. The minimum Gasteiger partial charge on any atom is -0.360 e. The zero-order valence-corrected chi connectivity index (χ0v) is 16.8. The Morgan fingerprint density at radius 1 is 1.07 bits per heavy atom. The Hall–Kier alpha value is -2.41. The third-order valence-electron chi connectivity index (χ3n) is 4.35. The molecule has 140 valence electrons. The molecule has 0 bridgehead atoms. The van der Waals surface area contributed by atoms with Gasteiger partial charge in [0.1, 0.15) is 0 Å². The Morgan fingerprint density at radius 3 is 2.59 bits per heavy atom. The number of para-hydroxylation sites is 2. The number of aromatic amines is 1. The molecule has 0 spiro atoms. The number of carbonyl (C=O) groups is 1. The van der Waals surface area contributed by atoms with Gasteiger partial charge in [-0.25, -0.2) is 4.98 Å². The smallest absolute Gasteiger partial charge is 0.262 e. The predicted octanol–water partition coefficient (Wildman–Crippen LogP) is 4.41. The minimum absolute atomic E-state index is 0. The number of likely N-dealkylation sites (N-methyl/N-ethyl adjacent to an activating group) is 1. The first kappa shape index (κ1) is 19.4. The Kier molecular flexibility index (Phi) is 5.79. The van der Waals surface area contributed by atoms with Crippen LogP contribution in [0.4, 0.5) is 5.13 Å². The van der Waals surface area contributed by atoms with E-state index in [1.54, 1.807) is 22.4 Å². The molecule has 0 saturated heterocycles. The van der Waals surface area contributed by atoms with Crippen molar-refractivity contribution in [2.24, 2.45) is 0 Å². The lowest BCUT2D eigenvalue weighted by molar-refractivity contribution is 0.0987. The number of hydrogen-bond acceptors (Lipinski definition) is 4. The molecule has 2 heterocycles. The number of benzene rings is 2. The molecule has 0 aliphatic carbocycles. The topological polar surface area (TPSA) is 52.2 Å². The van der Waals surface area contributed by atoms with E-state index in [9.17, 15) is 4.79 Å². The van der Waals surface area contributed by atoms with Gasteiger partial charge in [-0.1, -0.05) is 41.7 Å². The summed E-state index contributed by atoms with van der Waals surface area (Å²) in [5, 5.41) is 1.68. The molecule has 0 atom stereocenters. The van der Waals surface area contributed by atoms with Crippen LogP contribution < -0.4 is 4.90 Å². The third kappa shape index (κ3) is 3.83. The molecule has 0 radical (unpaired) electrons. The fourth-order valence-corrected chi connectivity index (χ4v) is 3.94. The number of H-pyrrole nitrogens is 1. The highest BCUT2D eigenvalue weighted by Gasteiger charge is 2.23. The summed E-state index contributed by atoms with van der Waals surface area (Å²) in [6, 6.07) is 15.9. The summed E-state index contributed by atoms with van der Waals surface area (Å²) in [5.41, 5.74) is 2.57. The number of rotatable bonds is 5. The van der Waals surface area contributed by atoms with Gasteiger partial charge in [-0.2, -0.15) is 0 Å². The molecular weight excluding hydrogens is 380 g/mol. The van der Waals surface area contributed by atoms with Gasteiger partial charge < -0.3 is 9.88 Å². The number of anilines is 1. The molecule has 0 unspecified atom stereocenters. The number of amides is 1. The standard InChI is InChI=1S/C20H20N4OS.ClH/c1-23(2)11-12-24(20-22-17-9-5-6-10-18(17)26-20)19(25)15-13-21-16-8-4-3-7-14(15)16;/h3-10,13,21H,11-12H2,1-2H3;1H. The first-order chi connectivity index (χ1) is 12.6. The SMILES string of the molecule is CN(C)CCN(C(=O)c1c[nH]c2ccccc12)c1nc2ccccc2s1.Cl. The lowest BCUT2D eigenvalue weighted by Gasteiger charge is -2.21. The fraction of sp³-hybridized carbons (Fsp3) is 0.200. The number of fused-ring (bicyclic) bond motifs is 2. The van der Waals surface area contributed by atoms with Crippen molar-refractivity contribution in [2.45, 2.75) is 0 Å². The van der Waals surface area contributed by atoms with E-state index in [4.69, 9.17) is 4.98 Å². The zero-order valence-electron chi connectivity index (χ0n) is 15.2. The van der Waals surface area contributed by atoms with Gasteiger partial charge in [-0.05, 0) is 32.3 Å². The largest absolute Gasteiger partial charge is 0.360 e. The Balaban J connectivity index is 0.00000210. The molecule has 27 heavy (non-hydrogen) atoms. The van der Waals surface area contributed by atoms with Crippen LogP contribution in [0.3, 0.4) is 0 Å². The van der Waals surface area contributed by atoms with Crippen LogP contribution >= 0.6 is 23.7 Å². The zero-order chi connectivity index (χ0) is 18.1. The lowest BCUT2D eigenvalue weighted by atomic mass is 10.1. The second kappa shape index (κ2) is 8.08. The fourth-order valence-electron chi connectivity index (χ4n) is 2.95. The summed E-state index contributed by atoms with van der Waals surface area (Å²) < 4.78 is 1.09. The van der Waals surface area contributed by atoms with Crippen molar-refractivity contribution in [2.75, 3.05) is 32.1 Å². The average Bonchev–Trinajstić information content (AvgIpc) is 3.25. The van der Waals surface area contributed by atoms with Crippen LogP contribution in [0.25, 0.3) is 21.1 Å². The van der Waals surface area contributed by atoms with Crippen molar-refractivity contribution in [3.8, 4) is 0 Å². The van der Waals surface area contributed by atoms with Crippen LogP contribution in [0.2, 0.25) is 0 Å². The summed E-state index contributed by atoms with van der Waals surface area (Å²) in [6.07, 6.45) is 1.79. The number of nitrogens with one attached hydrogen (secondary N) is 1. The van der Waals surface area contributed by atoms with Gasteiger partial charge in [0, 0.05) is 30.2 Å². The molecule has 0 fully saturated rings. The van der Waals surface area contributed by atoms with Gasteiger partial charge >= 0.3 is 0 Å². The predicted molar refractivity (Wildman–Crippen MR) is 115 cm³/mol. The Bertz CT molecular complexity index is 1040. The van der Waals surface area contributed by atoms with Crippen molar-refractivity contribution in [1.82, 2.24) is 14.9 Å². The maximum Gasteiger partial charge on any atom is 0.262 e. The van der Waals surface area contributed by atoms with E-state index in [1.807, 2.05) is 62.6 Å². The van der Waals surface area contributed by atoms with E-state index in [-0.39, 0.29) is 18.3 Å². The van der Waals surface area contributed by atoms with Crippen LogP contribution in [-0.2, 0) is 0 Å². The van der Waals surface area contributed by atoms with Gasteiger partial charge in [0.25, 0.3) is 5.91 Å². The Morgan fingerprint density at radius 2 is 1.81 bits per heavy atom. The highest BCUT2D eigenvalue weighted by atomic mass is 35.5. The van der Waals surface area contributed by atoms with Crippen molar-refractivity contribution in [3.63, 3.8) is 0 Å². The molecule has 1 amide bonds. The molecule has 0 saturated carbocycles. The van der Waals surface area contributed by atoms with Crippen LogP contribution in [0.1, 0.15) is 10.4 Å². The molecule has 1 N–H and O–H groups in total. The molecule has 4 aromatic rings. The number of thiazole rings is 1. The van der Waals surface area contributed by atoms with E-state index in [1.165, 1.54) is 0 Å². The van der Waals surface area contributed by atoms with Crippen molar-refractivity contribution in [3.05, 3.63) is 60.3 Å². The molecular formula is C20H21ClN4OS. The van der Waals surface area contributed by atoms with Crippen molar-refractivity contribution in [1.29, 1.82) is 0 Å². The first-order valence-electron chi connectivity index (χ1n) is 8.52. The number of halogens is 1. The van der Waals surface area contributed by atoms with Gasteiger partial charge in [0.05, 0.1) is 15.8 Å². The van der Waals surface area contributed by atoms with Crippen LogP contribution in [-0.4, -0.2) is 48.0 Å². The van der Waals surface area contributed by atoms with Crippen molar-refractivity contribution >= 4 is 55.9 Å². The van der Waals surface area contributed by atoms with Crippen LogP contribution in [0.15, 0.2) is 54.7 Å². The first-order valence-corrected chi connectivity index (χ1v) is 9.33. The van der Waals surface area contributed by atoms with Gasteiger partial charge in [0.15, 0.2) is 5.13 Å². The minimum atomic E-state index is -0.0247. The highest BCUT2D eigenvalue weighted by Crippen LogP contribution is 2.30. The lowest BCUT2D eigenvalue weighted by Crippen LogP contribution is -2.36. The maximum absolute atomic E-state index is 13.4. The van der Waals surface area contributed by atoms with Crippen LogP contribution in [0.5, 0.6) is 0 Å². The van der Waals surface area contributed by atoms with E-state index < -0.39 is 0 Å². The van der Waals surface area contributed by atoms with Gasteiger partial charge in [-0.3, -0.25) is 9.69 Å². The Labute approximate surface area is 168 Å². The van der Waals surface area contributed by atoms with E-state index in [2.05, 4.69) is 9.88 Å². The summed E-state index contributed by atoms with van der Waals surface area (Å²) in [5.74, 6) is -0.0247. The molecule has 5 nitrogen and oxygen atoms in total. The molecule has 4 rings (SSSR count). The molecule has 0 aliphatic rings. The summed E-state index contributed by atoms with van der Waals surface area (Å²) in [6.45, 7) is 1.36. The summed E-state index contributed by atoms with van der Waals surface area (Å²) in [4.78, 5) is 25.1. The second-order valence-electron chi connectivity index (χ2n) is 6.47. The number of nitrogens with zero attached hydrogens (tertiary/aromatic N) is 3. The monoisotopic (exact) mass is 400 g/mol. The van der Waals surface area contributed by atoms with E-state index in [0.29, 0.717) is 12.1 Å². The van der Waals surface area contributed by atoms with E-state index >= 15 is 0 Å². The number of hydrogen-bond donors (Lipinski definition) is 1. The molecule has 2 aromatic heterocycles.